The summed E-state index contributed by atoms with van der Waals surface area (Å²) in [5.74, 6) is 0.869. The van der Waals surface area contributed by atoms with Gasteiger partial charge in [-0.2, -0.15) is 0 Å². The van der Waals surface area contributed by atoms with Crippen LogP contribution in [0.25, 0.3) is 65.7 Å². The largest absolute Gasteiger partial charge is 0.294 e. The number of aromatic nitrogens is 1. The number of benzene rings is 8. The number of rotatable bonds is 6. The van der Waals surface area contributed by atoms with Gasteiger partial charge in [-0.15, -0.1) is 0 Å². The van der Waals surface area contributed by atoms with Gasteiger partial charge in [0, 0.05) is 17.4 Å². The van der Waals surface area contributed by atoms with Crippen molar-refractivity contribution < 1.29 is 0 Å². The monoisotopic (exact) mass is 624 g/mol. The number of fused-ring (bicyclic) bond motifs is 3. The second-order valence-corrected chi connectivity index (χ2v) is 12.3. The third-order valence-electron chi connectivity index (χ3n) is 9.51. The maximum absolute atomic E-state index is 4.82. The summed E-state index contributed by atoms with van der Waals surface area (Å²) in [6.07, 6.45) is 1.86. The lowest BCUT2D eigenvalue weighted by Crippen LogP contribution is -2.12. The van der Waals surface area contributed by atoms with E-state index in [0.717, 1.165) is 22.8 Å². The highest BCUT2D eigenvalue weighted by atomic mass is 15.2. The van der Waals surface area contributed by atoms with E-state index in [2.05, 4.69) is 181 Å². The molecule has 0 radical (unpaired) electrons. The minimum atomic E-state index is 0.869. The van der Waals surface area contributed by atoms with E-state index in [1.54, 1.807) is 0 Å². The van der Waals surface area contributed by atoms with Gasteiger partial charge in [0.25, 0.3) is 0 Å². The standard InChI is InChI=1S/C47H32N2/c1-2-15-34(16-3-1)38-20-10-11-26-44(38)49(45-27-12-13-32-48-45)36-30-28-35(29-31-36)46-40-21-6-8-23-42(40)47(43-24-9-7-22-41(43)46)39-25-14-18-33-17-4-5-19-37(33)39/h1-32H. The van der Waals surface area contributed by atoms with Crippen LogP contribution in [0.3, 0.4) is 0 Å². The zero-order valence-corrected chi connectivity index (χ0v) is 26.9. The van der Waals surface area contributed by atoms with Crippen LogP contribution in [0.5, 0.6) is 0 Å². The quantitative estimate of drug-likeness (QED) is 0.171. The lowest BCUT2D eigenvalue weighted by atomic mass is 9.85. The van der Waals surface area contributed by atoms with Gasteiger partial charge in [-0.25, -0.2) is 4.98 Å². The number of hydrogen-bond donors (Lipinski definition) is 0. The van der Waals surface area contributed by atoms with Gasteiger partial charge in [-0.05, 0) is 90.5 Å². The molecule has 0 fully saturated rings. The Hall–Kier alpha value is -6.51. The van der Waals surface area contributed by atoms with Gasteiger partial charge in [0.05, 0.1) is 5.69 Å². The molecule has 1 aromatic heterocycles. The highest BCUT2D eigenvalue weighted by Gasteiger charge is 2.20. The van der Waals surface area contributed by atoms with Crippen molar-refractivity contribution in [3.8, 4) is 33.4 Å². The summed E-state index contributed by atoms with van der Waals surface area (Å²) >= 11 is 0. The van der Waals surface area contributed by atoms with Crippen molar-refractivity contribution in [1.29, 1.82) is 0 Å². The Morgan fingerprint density at radius 3 is 1.59 bits per heavy atom. The maximum Gasteiger partial charge on any atom is 0.137 e. The van der Waals surface area contributed by atoms with E-state index >= 15 is 0 Å². The van der Waals surface area contributed by atoms with Gasteiger partial charge in [0.1, 0.15) is 5.82 Å². The average Bonchev–Trinajstić information content (AvgIpc) is 3.18. The van der Waals surface area contributed by atoms with Crippen LogP contribution in [0.2, 0.25) is 0 Å². The topological polar surface area (TPSA) is 16.1 Å². The third kappa shape index (κ3) is 5.02. The molecular formula is C47H32N2. The first-order valence-electron chi connectivity index (χ1n) is 16.7. The molecule has 0 saturated heterocycles. The first kappa shape index (κ1) is 28.7. The van der Waals surface area contributed by atoms with E-state index < -0.39 is 0 Å². The molecule has 2 heteroatoms. The second kappa shape index (κ2) is 12.3. The first-order valence-corrected chi connectivity index (χ1v) is 16.7. The van der Waals surface area contributed by atoms with Crippen LogP contribution in [0, 0.1) is 0 Å². The van der Waals surface area contributed by atoms with Crippen molar-refractivity contribution >= 4 is 49.5 Å². The van der Waals surface area contributed by atoms with Crippen LogP contribution in [-0.2, 0) is 0 Å². The summed E-state index contributed by atoms with van der Waals surface area (Å²) in [6.45, 7) is 0. The molecule has 9 aromatic rings. The molecule has 0 unspecified atom stereocenters. The summed E-state index contributed by atoms with van der Waals surface area (Å²) in [5.41, 5.74) is 9.41. The second-order valence-electron chi connectivity index (χ2n) is 12.3. The molecule has 0 aliphatic rings. The minimum Gasteiger partial charge on any atom is -0.294 e. The lowest BCUT2D eigenvalue weighted by molar-refractivity contribution is 1.18. The van der Waals surface area contributed by atoms with E-state index in [4.69, 9.17) is 4.98 Å². The molecule has 49 heavy (non-hydrogen) atoms. The van der Waals surface area contributed by atoms with Gasteiger partial charge >= 0.3 is 0 Å². The van der Waals surface area contributed by atoms with E-state index in [1.807, 2.05) is 18.3 Å². The van der Waals surface area contributed by atoms with Crippen LogP contribution in [0.4, 0.5) is 17.2 Å². The smallest absolute Gasteiger partial charge is 0.137 e. The Balaban J connectivity index is 1.24. The van der Waals surface area contributed by atoms with Crippen molar-refractivity contribution in [1.82, 2.24) is 4.98 Å². The Morgan fingerprint density at radius 2 is 0.898 bits per heavy atom. The molecule has 0 N–H and O–H groups in total. The maximum atomic E-state index is 4.82. The van der Waals surface area contributed by atoms with Gasteiger partial charge in [0.15, 0.2) is 0 Å². The van der Waals surface area contributed by atoms with Crippen molar-refractivity contribution in [3.63, 3.8) is 0 Å². The molecule has 8 aromatic carbocycles. The molecule has 0 atom stereocenters. The number of nitrogens with zero attached hydrogens (tertiary/aromatic N) is 2. The van der Waals surface area contributed by atoms with Gasteiger partial charge in [-0.1, -0.05) is 158 Å². The van der Waals surface area contributed by atoms with E-state index in [1.165, 1.54) is 60.1 Å². The van der Waals surface area contributed by atoms with Crippen LogP contribution >= 0.6 is 0 Å². The highest BCUT2D eigenvalue weighted by molar-refractivity contribution is 6.23. The van der Waals surface area contributed by atoms with E-state index in [-0.39, 0.29) is 0 Å². The van der Waals surface area contributed by atoms with E-state index in [0.29, 0.717) is 0 Å². The molecule has 2 nitrogen and oxygen atoms in total. The summed E-state index contributed by atoms with van der Waals surface area (Å²) in [5, 5.41) is 7.51. The van der Waals surface area contributed by atoms with Crippen molar-refractivity contribution in [3.05, 3.63) is 194 Å². The van der Waals surface area contributed by atoms with Gasteiger partial charge < -0.3 is 0 Å². The number of pyridine rings is 1. The predicted molar refractivity (Wildman–Crippen MR) is 208 cm³/mol. The molecule has 0 amide bonds. The van der Waals surface area contributed by atoms with Crippen molar-refractivity contribution in [2.75, 3.05) is 4.90 Å². The summed E-state index contributed by atoms with van der Waals surface area (Å²) in [4.78, 5) is 7.07. The lowest BCUT2D eigenvalue weighted by Gasteiger charge is -2.27. The van der Waals surface area contributed by atoms with Gasteiger partial charge in [0.2, 0.25) is 0 Å². The molecular weight excluding hydrogens is 593 g/mol. The SMILES string of the molecule is c1ccc(-c2ccccc2N(c2ccc(-c3c4ccccc4c(-c4cccc5ccccc45)c4ccccc34)cc2)c2ccccn2)cc1. The molecule has 9 rings (SSSR count). The molecule has 0 aliphatic carbocycles. The fraction of sp³-hybridized carbons (Fsp3) is 0. The minimum absolute atomic E-state index is 0.869. The Labute approximate surface area is 286 Å². The zero-order chi connectivity index (χ0) is 32.6. The molecule has 0 spiro atoms. The summed E-state index contributed by atoms with van der Waals surface area (Å²) < 4.78 is 0. The van der Waals surface area contributed by atoms with Gasteiger partial charge in [-0.3, -0.25) is 4.90 Å². The number of anilines is 3. The van der Waals surface area contributed by atoms with E-state index in [9.17, 15) is 0 Å². The predicted octanol–water partition coefficient (Wildman–Crippen LogP) is 13.0. The van der Waals surface area contributed by atoms with Crippen LogP contribution < -0.4 is 4.90 Å². The number of hydrogen-bond acceptors (Lipinski definition) is 2. The Bertz CT molecular complexity index is 2530. The highest BCUT2D eigenvalue weighted by Crippen LogP contribution is 2.46. The molecule has 230 valence electrons. The van der Waals surface area contributed by atoms with Crippen LogP contribution in [-0.4, -0.2) is 4.98 Å². The molecule has 1 heterocycles. The van der Waals surface area contributed by atoms with Crippen LogP contribution in [0.15, 0.2) is 194 Å². The fourth-order valence-corrected chi connectivity index (χ4v) is 7.36. The fourth-order valence-electron chi connectivity index (χ4n) is 7.36. The van der Waals surface area contributed by atoms with Crippen molar-refractivity contribution in [2.24, 2.45) is 0 Å². The molecule has 0 bridgehead atoms. The molecule has 0 aliphatic heterocycles. The summed E-state index contributed by atoms with van der Waals surface area (Å²) in [7, 11) is 0. The summed E-state index contributed by atoms with van der Waals surface area (Å²) in [6, 6.07) is 67.3. The Morgan fingerprint density at radius 1 is 0.347 bits per heavy atom. The Kier molecular flexibility index (Phi) is 7.18. The number of para-hydroxylation sites is 1. The van der Waals surface area contributed by atoms with Crippen LogP contribution in [0.1, 0.15) is 0 Å². The van der Waals surface area contributed by atoms with Crippen molar-refractivity contribution in [2.45, 2.75) is 0 Å². The molecule has 0 saturated carbocycles. The normalized spacial score (nSPS) is 11.3. The third-order valence-corrected chi connectivity index (χ3v) is 9.51. The zero-order valence-electron chi connectivity index (χ0n) is 26.9. The first-order chi connectivity index (χ1) is 24.3. The average molecular weight is 625 g/mol.